The fraction of sp³-hybridized carbons (Fsp3) is 0.846. The molecule has 0 bridgehead atoms. The number of hydrogen-bond donors (Lipinski definition) is 1. The zero-order valence-electron chi connectivity index (χ0n) is 10.9. The molecule has 0 aromatic carbocycles. The van der Waals surface area contributed by atoms with Gasteiger partial charge in [-0.15, -0.1) is 0 Å². The van der Waals surface area contributed by atoms with Crippen molar-refractivity contribution in [2.45, 2.75) is 51.0 Å². The van der Waals surface area contributed by atoms with Gasteiger partial charge in [-0.2, -0.15) is 4.98 Å². The normalized spacial score (nSPS) is 26.0. The fourth-order valence-corrected chi connectivity index (χ4v) is 2.83. The molecule has 3 rings (SSSR count). The van der Waals surface area contributed by atoms with Gasteiger partial charge in [0.1, 0.15) is 0 Å². The minimum absolute atomic E-state index is 0.258. The van der Waals surface area contributed by atoms with Gasteiger partial charge < -0.3 is 14.7 Å². The number of nitrogens with one attached hydrogen (secondary N) is 1. The van der Waals surface area contributed by atoms with E-state index in [1.807, 2.05) is 0 Å². The van der Waals surface area contributed by atoms with Crippen molar-refractivity contribution in [3.63, 3.8) is 0 Å². The van der Waals surface area contributed by atoms with E-state index in [9.17, 15) is 0 Å². The number of rotatable bonds is 2. The molecule has 2 saturated heterocycles. The van der Waals surface area contributed by atoms with E-state index in [1.54, 1.807) is 0 Å². The minimum atomic E-state index is 0.258. The molecule has 5 nitrogen and oxygen atoms in total. The molecule has 1 unspecified atom stereocenters. The summed E-state index contributed by atoms with van der Waals surface area (Å²) >= 11 is 0. The average Bonchev–Trinajstić information content (AvgIpc) is 2.98. The molecule has 18 heavy (non-hydrogen) atoms. The maximum absolute atomic E-state index is 5.45. The van der Waals surface area contributed by atoms with E-state index in [0.29, 0.717) is 0 Å². The standard InChI is InChI=1S/C13H22N4O/c1-2-4-8-14-11(7-3-1)12-15-13(16-18-12)17-9-5-6-10-17/h11,14H,1-10H2. The quantitative estimate of drug-likeness (QED) is 0.872. The van der Waals surface area contributed by atoms with Crippen LogP contribution >= 0.6 is 0 Å². The van der Waals surface area contributed by atoms with Gasteiger partial charge in [0.05, 0.1) is 6.04 Å². The predicted molar refractivity (Wildman–Crippen MR) is 69.6 cm³/mol. The van der Waals surface area contributed by atoms with Crippen molar-refractivity contribution < 1.29 is 4.52 Å². The Kier molecular flexibility index (Phi) is 3.78. The monoisotopic (exact) mass is 250 g/mol. The molecule has 0 amide bonds. The van der Waals surface area contributed by atoms with Crippen LogP contribution in [-0.2, 0) is 0 Å². The first-order chi connectivity index (χ1) is 8.93. The molecule has 1 N–H and O–H groups in total. The van der Waals surface area contributed by atoms with Crippen molar-refractivity contribution in [3.05, 3.63) is 5.89 Å². The molecule has 100 valence electrons. The molecule has 0 saturated carbocycles. The molecular formula is C13H22N4O. The Morgan fingerprint density at radius 2 is 1.89 bits per heavy atom. The van der Waals surface area contributed by atoms with Gasteiger partial charge in [-0.05, 0) is 37.4 Å². The highest BCUT2D eigenvalue weighted by molar-refractivity contribution is 5.29. The molecule has 5 heteroatoms. The van der Waals surface area contributed by atoms with Crippen LogP contribution in [0.1, 0.15) is 56.9 Å². The Hall–Kier alpha value is -1.10. The van der Waals surface area contributed by atoms with Gasteiger partial charge in [0, 0.05) is 13.1 Å². The molecule has 2 fully saturated rings. The maximum atomic E-state index is 5.45. The maximum Gasteiger partial charge on any atom is 0.266 e. The molecular weight excluding hydrogens is 228 g/mol. The molecule has 1 aromatic rings. The molecule has 1 atom stereocenters. The second-order valence-electron chi connectivity index (χ2n) is 5.34. The third-order valence-corrected chi connectivity index (χ3v) is 3.93. The third kappa shape index (κ3) is 2.66. The summed E-state index contributed by atoms with van der Waals surface area (Å²) in [6, 6.07) is 0.258. The topological polar surface area (TPSA) is 54.2 Å². The first-order valence-electron chi connectivity index (χ1n) is 7.25. The molecule has 0 radical (unpaired) electrons. The van der Waals surface area contributed by atoms with Gasteiger partial charge in [-0.1, -0.05) is 19.3 Å². The summed E-state index contributed by atoms with van der Waals surface area (Å²) in [4.78, 5) is 6.79. The summed E-state index contributed by atoms with van der Waals surface area (Å²) in [5.41, 5.74) is 0. The Balaban J connectivity index is 1.66. The van der Waals surface area contributed by atoms with E-state index < -0.39 is 0 Å². The van der Waals surface area contributed by atoms with Crippen LogP contribution in [0.15, 0.2) is 4.52 Å². The lowest BCUT2D eigenvalue weighted by Gasteiger charge is -2.17. The predicted octanol–water partition coefficient (Wildman–Crippen LogP) is 2.26. The summed E-state index contributed by atoms with van der Waals surface area (Å²) in [6.07, 6.45) is 8.76. The van der Waals surface area contributed by atoms with Gasteiger partial charge in [0.2, 0.25) is 5.89 Å². The number of hydrogen-bond acceptors (Lipinski definition) is 5. The largest absolute Gasteiger partial charge is 0.338 e. The molecule has 3 heterocycles. The summed E-state index contributed by atoms with van der Waals surface area (Å²) in [5, 5.41) is 7.65. The van der Waals surface area contributed by atoms with Crippen molar-refractivity contribution in [1.82, 2.24) is 15.5 Å². The second kappa shape index (κ2) is 5.69. The van der Waals surface area contributed by atoms with Gasteiger partial charge in [0.25, 0.3) is 5.95 Å². The van der Waals surface area contributed by atoms with Crippen LogP contribution in [0.4, 0.5) is 5.95 Å². The molecule has 0 spiro atoms. The van der Waals surface area contributed by atoms with Crippen LogP contribution in [-0.4, -0.2) is 29.8 Å². The third-order valence-electron chi connectivity index (χ3n) is 3.93. The van der Waals surface area contributed by atoms with Crippen molar-refractivity contribution >= 4 is 5.95 Å². The highest BCUT2D eigenvalue weighted by Crippen LogP contribution is 2.24. The van der Waals surface area contributed by atoms with Gasteiger partial charge in [-0.25, -0.2) is 0 Å². The van der Waals surface area contributed by atoms with Crippen LogP contribution in [0.25, 0.3) is 0 Å². The van der Waals surface area contributed by atoms with E-state index in [2.05, 4.69) is 20.4 Å². The Labute approximate surface area is 108 Å². The SMILES string of the molecule is C1CCCC(c2nc(N3CCCC3)no2)NCC1. The molecule has 0 aliphatic carbocycles. The Morgan fingerprint density at radius 1 is 1.06 bits per heavy atom. The first kappa shape index (κ1) is 12.0. The van der Waals surface area contributed by atoms with Crippen molar-refractivity contribution in [2.24, 2.45) is 0 Å². The smallest absolute Gasteiger partial charge is 0.266 e. The highest BCUT2D eigenvalue weighted by Gasteiger charge is 2.22. The van der Waals surface area contributed by atoms with E-state index in [4.69, 9.17) is 4.52 Å². The number of nitrogens with zero attached hydrogens (tertiary/aromatic N) is 3. The van der Waals surface area contributed by atoms with Crippen LogP contribution in [0, 0.1) is 0 Å². The lowest BCUT2D eigenvalue weighted by molar-refractivity contribution is 0.307. The Bertz CT molecular complexity index is 365. The van der Waals surface area contributed by atoms with Gasteiger partial charge in [0.15, 0.2) is 0 Å². The summed E-state index contributed by atoms with van der Waals surface area (Å²) in [7, 11) is 0. The lowest BCUT2D eigenvalue weighted by Crippen LogP contribution is -2.24. The van der Waals surface area contributed by atoms with Gasteiger partial charge in [-0.3, -0.25) is 0 Å². The fourth-order valence-electron chi connectivity index (χ4n) is 2.83. The van der Waals surface area contributed by atoms with Crippen LogP contribution in [0.3, 0.4) is 0 Å². The van der Waals surface area contributed by atoms with Crippen molar-refractivity contribution in [3.8, 4) is 0 Å². The summed E-state index contributed by atoms with van der Waals surface area (Å²) in [6.45, 7) is 3.19. The minimum Gasteiger partial charge on any atom is -0.338 e. The average molecular weight is 250 g/mol. The summed E-state index contributed by atoms with van der Waals surface area (Å²) < 4.78 is 5.45. The van der Waals surface area contributed by atoms with Crippen LogP contribution in [0.5, 0.6) is 0 Å². The zero-order valence-corrected chi connectivity index (χ0v) is 10.9. The molecule has 1 aromatic heterocycles. The number of aromatic nitrogens is 2. The second-order valence-corrected chi connectivity index (χ2v) is 5.34. The number of anilines is 1. The molecule has 2 aliphatic heterocycles. The van der Waals surface area contributed by atoms with E-state index in [0.717, 1.165) is 37.9 Å². The van der Waals surface area contributed by atoms with Gasteiger partial charge >= 0.3 is 0 Å². The Morgan fingerprint density at radius 3 is 2.78 bits per heavy atom. The first-order valence-corrected chi connectivity index (χ1v) is 7.25. The highest BCUT2D eigenvalue weighted by atomic mass is 16.5. The molecule has 2 aliphatic rings. The van der Waals surface area contributed by atoms with Crippen molar-refractivity contribution in [2.75, 3.05) is 24.5 Å². The summed E-state index contributed by atoms with van der Waals surface area (Å²) in [5.74, 6) is 1.56. The van der Waals surface area contributed by atoms with E-state index in [1.165, 1.54) is 38.5 Å². The van der Waals surface area contributed by atoms with E-state index >= 15 is 0 Å². The van der Waals surface area contributed by atoms with Crippen LogP contribution in [0.2, 0.25) is 0 Å². The van der Waals surface area contributed by atoms with E-state index in [-0.39, 0.29) is 6.04 Å². The zero-order chi connectivity index (χ0) is 12.2. The lowest BCUT2D eigenvalue weighted by atomic mass is 10.0. The van der Waals surface area contributed by atoms with Crippen LogP contribution < -0.4 is 10.2 Å². The van der Waals surface area contributed by atoms with Crippen molar-refractivity contribution in [1.29, 1.82) is 0 Å².